The summed E-state index contributed by atoms with van der Waals surface area (Å²) in [6.07, 6.45) is 6.01. The zero-order valence-electron chi connectivity index (χ0n) is 9.69. The van der Waals surface area contributed by atoms with Crippen molar-refractivity contribution >= 4 is 0 Å². The van der Waals surface area contributed by atoms with Gasteiger partial charge in [0.1, 0.15) is 0 Å². The monoisotopic (exact) mass is 213 g/mol. The first-order valence-corrected chi connectivity index (χ1v) is 6.35. The molecule has 2 aliphatic rings. The molecule has 1 aliphatic carbocycles. The summed E-state index contributed by atoms with van der Waals surface area (Å²) in [4.78, 5) is 2.41. The second kappa shape index (κ2) is 5.28. The summed E-state index contributed by atoms with van der Waals surface area (Å²) in [5, 5.41) is 9.88. The summed E-state index contributed by atoms with van der Waals surface area (Å²) in [6, 6.07) is 0.388. The molecule has 15 heavy (non-hydrogen) atoms. The molecule has 0 aromatic rings. The third kappa shape index (κ3) is 2.71. The molecular formula is C12H23NO2. The molecule has 1 unspecified atom stereocenters. The molecule has 0 spiro atoms. The molecule has 0 aromatic heterocycles. The Balaban J connectivity index is 1.85. The first kappa shape index (κ1) is 11.4. The fraction of sp³-hybridized carbons (Fsp3) is 1.00. The molecule has 3 heteroatoms. The van der Waals surface area contributed by atoms with Gasteiger partial charge in [-0.15, -0.1) is 0 Å². The summed E-state index contributed by atoms with van der Waals surface area (Å²) in [7, 11) is 0. The summed E-state index contributed by atoms with van der Waals surface area (Å²) in [5.74, 6) is 0. The fourth-order valence-electron chi connectivity index (χ4n) is 2.90. The second-order valence-electron chi connectivity index (χ2n) is 4.79. The minimum atomic E-state index is -0.105. The Morgan fingerprint density at radius 1 is 1.27 bits per heavy atom. The lowest BCUT2D eigenvalue weighted by molar-refractivity contribution is 0.0259. The average Bonchev–Trinajstić information content (AvgIpc) is 2.85. The highest BCUT2D eigenvalue weighted by atomic mass is 16.5. The van der Waals surface area contributed by atoms with Crippen LogP contribution in [-0.4, -0.2) is 48.0 Å². The number of aliphatic hydroxyl groups is 1. The molecule has 3 nitrogen and oxygen atoms in total. The first-order valence-electron chi connectivity index (χ1n) is 6.35. The largest absolute Gasteiger partial charge is 0.391 e. The van der Waals surface area contributed by atoms with E-state index in [4.69, 9.17) is 4.74 Å². The van der Waals surface area contributed by atoms with E-state index in [9.17, 15) is 5.11 Å². The van der Waals surface area contributed by atoms with Crippen molar-refractivity contribution in [3.05, 3.63) is 0 Å². The van der Waals surface area contributed by atoms with Crippen molar-refractivity contribution in [3.8, 4) is 0 Å². The van der Waals surface area contributed by atoms with Gasteiger partial charge in [-0.3, -0.25) is 4.90 Å². The maximum Gasteiger partial charge on any atom is 0.0702 e. The van der Waals surface area contributed by atoms with Gasteiger partial charge >= 0.3 is 0 Å². The summed E-state index contributed by atoms with van der Waals surface area (Å²) >= 11 is 0. The van der Waals surface area contributed by atoms with Crippen LogP contribution in [0.3, 0.4) is 0 Å². The zero-order chi connectivity index (χ0) is 10.7. The van der Waals surface area contributed by atoms with Gasteiger partial charge in [-0.25, -0.2) is 0 Å². The van der Waals surface area contributed by atoms with Crippen molar-refractivity contribution in [2.45, 2.75) is 57.3 Å². The van der Waals surface area contributed by atoms with Crippen molar-refractivity contribution in [1.82, 2.24) is 4.90 Å². The van der Waals surface area contributed by atoms with Gasteiger partial charge in [0.15, 0.2) is 0 Å². The Bertz CT molecular complexity index is 192. The molecule has 1 saturated carbocycles. The van der Waals surface area contributed by atoms with Gasteiger partial charge in [-0.1, -0.05) is 6.92 Å². The SMILES string of the molecule is CCN(CC1CCCO1)[C@H]1CCC[C@@H]1O. The van der Waals surface area contributed by atoms with Crippen molar-refractivity contribution in [1.29, 1.82) is 0 Å². The van der Waals surface area contributed by atoms with Gasteiger partial charge < -0.3 is 9.84 Å². The number of likely N-dealkylation sites (N-methyl/N-ethyl adjacent to an activating group) is 1. The number of nitrogens with zero attached hydrogens (tertiary/aromatic N) is 1. The van der Waals surface area contributed by atoms with Crippen LogP contribution < -0.4 is 0 Å². The molecule has 3 atom stereocenters. The van der Waals surface area contributed by atoms with Gasteiger partial charge in [-0.2, -0.15) is 0 Å². The van der Waals surface area contributed by atoms with Crippen LogP contribution in [0.15, 0.2) is 0 Å². The van der Waals surface area contributed by atoms with E-state index in [-0.39, 0.29) is 6.10 Å². The van der Waals surface area contributed by atoms with Gasteiger partial charge in [0.25, 0.3) is 0 Å². The normalized spacial score (nSPS) is 36.6. The average molecular weight is 213 g/mol. The smallest absolute Gasteiger partial charge is 0.0702 e. The highest BCUT2D eigenvalue weighted by molar-refractivity contribution is 4.86. The standard InChI is InChI=1S/C12H23NO2/c1-2-13(9-10-5-4-8-15-10)11-6-3-7-12(11)14/h10-12,14H,2-9H2,1H3/t10?,11-,12-/m0/s1. The lowest BCUT2D eigenvalue weighted by Crippen LogP contribution is -2.44. The van der Waals surface area contributed by atoms with Crippen LogP contribution in [0.4, 0.5) is 0 Å². The highest BCUT2D eigenvalue weighted by Gasteiger charge is 2.31. The lowest BCUT2D eigenvalue weighted by atomic mass is 10.1. The maximum atomic E-state index is 9.88. The molecular weight excluding hydrogens is 190 g/mol. The predicted octanol–water partition coefficient (Wildman–Crippen LogP) is 1.40. The van der Waals surface area contributed by atoms with Gasteiger partial charge in [0, 0.05) is 19.2 Å². The maximum absolute atomic E-state index is 9.88. The summed E-state index contributed by atoms with van der Waals surface area (Å²) in [5.41, 5.74) is 0. The van der Waals surface area contributed by atoms with Crippen molar-refractivity contribution in [2.75, 3.05) is 19.7 Å². The van der Waals surface area contributed by atoms with Crippen molar-refractivity contribution in [3.63, 3.8) is 0 Å². The van der Waals surface area contributed by atoms with Crippen LogP contribution in [-0.2, 0) is 4.74 Å². The predicted molar refractivity (Wildman–Crippen MR) is 59.9 cm³/mol. The van der Waals surface area contributed by atoms with Crippen molar-refractivity contribution in [2.24, 2.45) is 0 Å². The molecule has 1 N–H and O–H groups in total. The van der Waals surface area contributed by atoms with Crippen LogP contribution in [0.5, 0.6) is 0 Å². The van der Waals surface area contributed by atoms with E-state index in [1.54, 1.807) is 0 Å². The zero-order valence-corrected chi connectivity index (χ0v) is 9.69. The minimum absolute atomic E-state index is 0.105. The Morgan fingerprint density at radius 2 is 2.13 bits per heavy atom. The quantitative estimate of drug-likeness (QED) is 0.766. The van der Waals surface area contributed by atoms with Crippen LogP contribution in [0.1, 0.15) is 39.0 Å². The Kier molecular flexibility index (Phi) is 4.00. The molecule has 1 heterocycles. The van der Waals surface area contributed by atoms with Crippen molar-refractivity contribution < 1.29 is 9.84 Å². The second-order valence-corrected chi connectivity index (χ2v) is 4.79. The lowest BCUT2D eigenvalue weighted by Gasteiger charge is -2.31. The van der Waals surface area contributed by atoms with Crippen LogP contribution >= 0.6 is 0 Å². The number of aliphatic hydroxyl groups excluding tert-OH is 1. The van der Waals surface area contributed by atoms with E-state index >= 15 is 0 Å². The Labute approximate surface area is 92.4 Å². The van der Waals surface area contributed by atoms with E-state index in [1.807, 2.05) is 0 Å². The number of rotatable bonds is 4. The molecule has 0 bridgehead atoms. The molecule has 1 aliphatic heterocycles. The topological polar surface area (TPSA) is 32.7 Å². The highest BCUT2D eigenvalue weighted by Crippen LogP contribution is 2.25. The van der Waals surface area contributed by atoms with Gasteiger partial charge in [-0.05, 0) is 38.6 Å². The molecule has 2 rings (SSSR count). The third-order valence-electron chi connectivity index (χ3n) is 3.78. The first-order chi connectivity index (χ1) is 7.31. The van der Waals surface area contributed by atoms with E-state index in [1.165, 1.54) is 19.3 Å². The Hall–Kier alpha value is -0.120. The molecule has 1 saturated heterocycles. The molecule has 0 aromatic carbocycles. The molecule has 2 fully saturated rings. The van der Waals surface area contributed by atoms with Crippen LogP contribution in [0.25, 0.3) is 0 Å². The van der Waals surface area contributed by atoms with Gasteiger partial charge in [0.05, 0.1) is 12.2 Å². The third-order valence-corrected chi connectivity index (χ3v) is 3.78. The molecule has 0 amide bonds. The Morgan fingerprint density at radius 3 is 2.67 bits per heavy atom. The number of ether oxygens (including phenoxy) is 1. The van der Waals surface area contributed by atoms with Crippen LogP contribution in [0, 0.1) is 0 Å². The summed E-state index contributed by atoms with van der Waals surface area (Å²) < 4.78 is 5.66. The molecule has 0 radical (unpaired) electrons. The van der Waals surface area contributed by atoms with E-state index in [0.717, 1.165) is 32.5 Å². The van der Waals surface area contributed by atoms with Gasteiger partial charge in [0.2, 0.25) is 0 Å². The van der Waals surface area contributed by atoms with E-state index in [0.29, 0.717) is 12.1 Å². The van der Waals surface area contributed by atoms with E-state index in [2.05, 4.69) is 11.8 Å². The minimum Gasteiger partial charge on any atom is -0.391 e. The fourth-order valence-corrected chi connectivity index (χ4v) is 2.90. The molecule has 88 valence electrons. The summed E-state index contributed by atoms with van der Waals surface area (Å²) in [6.45, 7) is 5.15. The van der Waals surface area contributed by atoms with Crippen LogP contribution in [0.2, 0.25) is 0 Å². The number of hydrogen-bond donors (Lipinski definition) is 1. The van der Waals surface area contributed by atoms with E-state index < -0.39 is 0 Å². The number of hydrogen-bond acceptors (Lipinski definition) is 3.